The van der Waals surface area contributed by atoms with Crippen molar-refractivity contribution in [2.45, 2.75) is 65.0 Å². The first kappa shape index (κ1) is 32.8. The fraction of sp³-hybridized carbons (Fsp3) is 0.438. The molecule has 2 fully saturated rings. The second kappa shape index (κ2) is 16.7. The van der Waals surface area contributed by atoms with Crippen LogP contribution in [0.4, 0.5) is 0 Å². The van der Waals surface area contributed by atoms with Crippen molar-refractivity contribution in [3.63, 3.8) is 0 Å². The van der Waals surface area contributed by atoms with E-state index in [2.05, 4.69) is 57.6 Å². The summed E-state index contributed by atoms with van der Waals surface area (Å²) in [5, 5.41) is 25.3. The van der Waals surface area contributed by atoms with Gasteiger partial charge >= 0.3 is 0 Å². The number of carbonyl (C=O) groups is 4. The van der Waals surface area contributed by atoms with Crippen LogP contribution in [0.1, 0.15) is 61.3 Å². The molecule has 2 aromatic carbocycles. The highest BCUT2D eigenvalue weighted by atomic mass is 16.5. The third-order valence-corrected chi connectivity index (χ3v) is 7.03. The molecule has 2 heterocycles. The Morgan fingerprint density at radius 2 is 1.88 bits per heavy atom. The van der Waals surface area contributed by atoms with Crippen molar-refractivity contribution in [1.29, 1.82) is 5.26 Å². The lowest BCUT2D eigenvalue weighted by Gasteiger charge is -2.14. The third kappa shape index (κ3) is 11.2. The average molecular weight is 589 g/mol. The van der Waals surface area contributed by atoms with Crippen LogP contribution in [0.5, 0.6) is 0 Å². The summed E-state index contributed by atoms with van der Waals surface area (Å²) in [6, 6.07) is 17.4. The number of aromatic nitrogens is 1. The van der Waals surface area contributed by atoms with Crippen molar-refractivity contribution < 1.29 is 23.7 Å². The molecule has 43 heavy (non-hydrogen) atoms. The van der Waals surface area contributed by atoms with Crippen molar-refractivity contribution in [3.8, 4) is 6.07 Å². The molecule has 4 N–H and O–H groups in total. The summed E-state index contributed by atoms with van der Waals surface area (Å²) in [5.74, 6) is 0.767. The fourth-order valence-corrected chi connectivity index (χ4v) is 4.47. The van der Waals surface area contributed by atoms with Crippen LogP contribution in [0.3, 0.4) is 0 Å². The monoisotopic (exact) mass is 588 g/mol. The summed E-state index contributed by atoms with van der Waals surface area (Å²) in [6.07, 6.45) is 5.13. The Bertz CT molecular complexity index is 1420. The van der Waals surface area contributed by atoms with Crippen LogP contribution in [-0.2, 0) is 20.8 Å². The van der Waals surface area contributed by atoms with Crippen molar-refractivity contribution in [2.75, 3.05) is 13.1 Å². The maximum atomic E-state index is 12.1. The van der Waals surface area contributed by atoms with Crippen LogP contribution >= 0.6 is 0 Å². The number of rotatable bonds is 10. The third-order valence-electron chi connectivity index (χ3n) is 7.03. The fourth-order valence-electron chi connectivity index (χ4n) is 4.47. The number of nitriles is 1. The van der Waals surface area contributed by atoms with E-state index in [-0.39, 0.29) is 30.3 Å². The Labute approximate surface area is 251 Å². The van der Waals surface area contributed by atoms with E-state index in [9.17, 15) is 19.2 Å². The minimum Gasteiger partial charge on any atom is -0.361 e. The number of nitrogens with one attached hydrogen (secondary N) is 4. The maximum absolute atomic E-state index is 12.1. The Morgan fingerprint density at radius 3 is 2.49 bits per heavy atom. The molecule has 3 unspecified atom stereocenters. The molecule has 4 amide bonds. The molecule has 0 radical (unpaired) electrons. The molecule has 1 saturated heterocycles. The van der Waals surface area contributed by atoms with Gasteiger partial charge in [0.1, 0.15) is 11.8 Å². The Morgan fingerprint density at radius 1 is 1.16 bits per heavy atom. The molecular formula is C32H40N6O5. The van der Waals surface area contributed by atoms with E-state index in [0.717, 1.165) is 12.3 Å². The first-order chi connectivity index (χ1) is 20.7. The van der Waals surface area contributed by atoms with E-state index in [4.69, 9.17) is 9.78 Å². The number of hydrogen-bond acceptors (Lipinski definition) is 7. The van der Waals surface area contributed by atoms with Gasteiger partial charge in [-0.05, 0) is 55.4 Å². The zero-order valence-electron chi connectivity index (χ0n) is 24.9. The van der Waals surface area contributed by atoms with E-state index in [1.807, 2.05) is 31.2 Å². The van der Waals surface area contributed by atoms with Crippen LogP contribution in [0.25, 0.3) is 10.8 Å². The quantitative estimate of drug-likeness (QED) is 0.264. The average Bonchev–Trinajstić information content (AvgIpc) is 3.47. The lowest BCUT2D eigenvalue weighted by Crippen LogP contribution is -2.41. The van der Waals surface area contributed by atoms with Gasteiger partial charge in [-0.25, -0.2) is 0 Å². The standard InChI is InChI=1S/C18H18N2O2.C10H14N4O3.C4H8/c1-12(19-18(21)17-11-13(2)22-20-17)10-15-8-5-7-14-6-3-4-9-16(14)15;11-4-8(14-9(16)5-12-6-15)3-7-1-2-13-10(7)17;1-4-2-3-4/h3-9,11-12H,10H2,1-2H3,(H,19,21);6-8H,1-3,5H2,(H,12,15)(H,13,17)(H,14,16);4H,2-3H2,1H3. The van der Waals surface area contributed by atoms with Gasteiger partial charge in [0.15, 0.2) is 5.69 Å². The summed E-state index contributed by atoms with van der Waals surface area (Å²) in [6.45, 7) is 6.48. The van der Waals surface area contributed by atoms with Crippen LogP contribution in [0.2, 0.25) is 0 Å². The van der Waals surface area contributed by atoms with Crippen LogP contribution < -0.4 is 21.3 Å². The minimum absolute atomic E-state index is 0.00955. The van der Waals surface area contributed by atoms with Gasteiger partial charge in [0.25, 0.3) is 5.91 Å². The number of amides is 4. The van der Waals surface area contributed by atoms with Gasteiger partial charge in [-0.2, -0.15) is 5.26 Å². The SMILES string of the molecule is CC1CC1.Cc1cc(C(=O)NC(C)Cc2cccc3ccccc23)no1.N#CC(CC1CCNC1=O)NC(=O)CNC=O. The molecule has 5 rings (SSSR count). The summed E-state index contributed by atoms with van der Waals surface area (Å²) in [5.41, 5.74) is 1.55. The molecule has 3 aromatic rings. The smallest absolute Gasteiger partial charge is 0.273 e. The molecule has 1 aliphatic carbocycles. The van der Waals surface area contributed by atoms with Gasteiger partial charge in [-0.3, -0.25) is 19.2 Å². The highest BCUT2D eigenvalue weighted by molar-refractivity contribution is 5.92. The predicted molar refractivity (Wildman–Crippen MR) is 162 cm³/mol. The highest BCUT2D eigenvalue weighted by Gasteiger charge is 2.27. The van der Waals surface area contributed by atoms with E-state index in [1.165, 1.54) is 29.2 Å². The molecule has 2 aliphatic rings. The Balaban J connectivity index is 0.000000214. The Hall–Kier alpha value is -4.72. The largest absolute Gasteiger partial charge is 0.361 e. The molecule has 1 saturated carbocycles. The number of nitrogens with zero attached hydrogens (tertiary/aromatic N) is 2. The molecule has 1 aliphatic heterocycles. The molecule has 0 spiro atoms. The predicted octanol–water partition coefficient (Wildman–Crippen LogP) is 3.18. The number of carbonyl (C=O) groups excluding carboxylic acids is 4. The zero-order valence-corrected chi connectivity index (χ0v) is 24.9. The molecule has 228 valence electrons. The molecule has 11 nitrogen and oxygen atoms in total. The number of fused-ring (bicyclic) bond motifs is 1. The second-order valence-corrected chi connectivity index (χ2v) is 11.0. The normalized spacial score (nSPS) is 16.6. The van der Waals surface area contributed by atoms with Crippen LogP contribution in [-0.4, -0.2) is 54.5 Å². The summed E-state index contributed by atoms with van der Waals surface area (Å²) in [4.78, 5) is 44.6. The van der Waals surface area contributed by atoms with Crippen molar-refractivity contribution >= 4 is 34.9 Å². The van der Waals surface area contributed by atoms with Gasteiger partial charge in [-0.15, -0.1) is 0 Å². The highest BCUT2D eigenvalue weighted by Crippen LogP contribution is 2.26. The summed E-state index contributed by atoms with van der Waals surface area (Å²) in [7, 11) is 0. The lowest BCUT2D eigenvalue weighted by molar-refractivity contribution is -0.124. The van der Waals surface area contributed by atoms with E-state index in [1.54, 1.807) is 13.0 Å². The molecule has 0 bridgehead atoms. The minimum atomic E-state index is -0.704. The Kier molecular flexibility index (Phi) is 12.7. The maximum Gasteiger partial charge on any atom is 0.273 e. The lowest BCUT2D eigenvalue weighted by atomic mass is 9.99. The molecular weight excluding hydrogens is 548 g/mol. The van der Waals surface area contributed by atoms with Crippen molar-refractivity contribution in [1.82, 2.24) is 26.4 Å². The molecule has 1 aromatic heterocycles. The van der Waals surface area contributed by atoms with E-state index >= 15 is 0 Å². The van der Waals surface area contributed by atoms with Crippen molar-refractivity contribution in [2.24, 2.45) is 11.8 Å². The van der Waals surface area contributed by atoms with Gasteiger partial charge < -0.3 is 25.8 Å². The zero-order chi connectivity index (χ0) is 31.2. The van der Waals surface area contributed by atoms with Crippen LogP contribution in [0, 0.1) is 30.1 Å². The first-order valence-electron chi connectivity index (χ1n) is 14.5. The van der Waals surface area contributed by atoms with Crippen molar-refractivity contribution in [3.05, 3.63) is 65.5 Å². The van der Waals surface area contributed by atoms with Gasteiger partial charge in [0.2, 0.25) is 18.2 Å². The summed E-state index contributed by atoms with van der Waals surface area (Å²) < 4.78 is 4.93. The second-order valence-electron chi connectivity index (χ2n) is 11.0. The van der Waals surface area contributed by atoms with Gasteiger partial charge in [0.05, 0.1) is 12.6 Å². The number of hydrogen-bond donors (Lipinski definition) is 4. The van der Waals surface area contributed by atoms with Crippen LogP contribution in [0.15, 0.2) is 53.1 Å². The summed E-state index contributed by atoms with van der Waals surface area (Å²) >= 11 is 0. The van der Waals surface area contributed by atoms with E-state index in [0.29, 0.717) is 37.3 Å². The molecule has 3 atom stereocenters. The number of benzene rings is 2. The molecule has 11 heteroatoms. The van der Waals surface area contributed by atoms with Gasteiger partial charge in [-0.1, -0.05) is 67.4 Å². The first-order valence-corrected chi connectivity index (χ1v) is 14.5. The number of aryl methyl sites for hydroxylation is 1. The van der Waals surface area contributed by atoms with Gasteiger partial charge in [0, 0.05) is 24.6 Å². The van der Waals surface area contributed by atoms with E-state index < -0.39 is 11.9 Å². The topological polar surface area (TPSA) is 166 Å².